The molecule has 0 aliphatic heterocycles. The summed E-state index contributed by atoms with van der Waals surface area (Å²) in [6.45, 7) is 4.15. The molecule has 3 aromatic rings. The van der Waals surface area contributed by atoms with Gasteiger partial charge in [-0.3, -0.25) is 0 Å². The summed E-state index contributed by atoms with van der Waals surface area (Å²) in [6.07, 6.45) is 0. The number of nitrogens with one attached hydrogen (secondary N) is 1. The lowest BCUT2D eigenvalue weighted by molar-refractivity contribution is 1.31. The number of nitrogens with two attached hydrogens (primary N) is 1. The van der Waals surface area contributed by atoms with Crippen LogP contribution in [0.25, 0.3) is 22.4 Å². The number of halogens is 2. The van der Waals surface area contributed by atoms with Crippen LogP contribution in [0.3, 0.4) is 0 Å². The standard InChI is InChI=1S/C15H13BrClN3/c1-7-8(2)14-13(6-10(7)16)19-15(20-14)9-3-4-11(17)12(18)5-9/h3-6H,18H2,1-2H3,(H,19,20). The van der Waals surface area contributed by atoms with Gasteiger partial charge in [-0.2, -0.15) is 0 Å². The molecule has 2 aromatic carbocycles. The van der Waals surface area contributed by atoms with Crippen LogP contribution in [0.5, 0.6) is 0 Å². The largest absolute Gasteiger partial charge is 0.398 e. The maximum Gasteiger partial charge on any atom is 0.138 e. The number of hydrogen-bond acceptors (Lipinski definition) is 2. The molecule has 0 unspecified atom stereocenters. The van der Waals surface area contributed by atoms with E-state index in [-0.39, 0.29) is 0 Å². The fourth-order valence-electron chi connectivity index (χ4n) is 2.20. The summed E-state index contributed by atoms with van der Waals surface area (Å²) < 4.78 is 1.08. The van der Waals surface area contributed by atoms with Crippen molar-refractivity contribution >= 4 is 44.3 Å². The molecule has 0 bridgehead atoms. The van der Waals surface area contributed by atoms with E-state index in [0.717, 1.165) is 26.9 Å². The highest BCUT2D eigenvalue weighted by molar-refractivity contribution is 9.10. The molecule has 0 spiro atoms. The minimum Gasteiger partial charge on any atom is -0.398 e. The third kappa shape index (κ3) is 2.09. The number of nitrogens with zero attached hydrogens (tertiary/aromatic N) is 1. The van der Waals surface area contributed by atoms with E-state index in [2.05, 4.69) is 39.7 Å². The molecule has 0 aliphatic rings. The van der Waals surface area contributed by atoms with Crippen molar-refractivity contribution in [1.29, 1.82) is 0 Å². The normalized spacial score (nSPS) is 11.2. The summed E-state index contributed by atoms with van der Waals surface area (Å²) in [5.41, 5.74) is 11.7. The van der Waals surface area contributed by atoms with Gasteiger partial charge < -0.3 is 10.7 Å². The molecule has 0 aliphatic carbocycles. The third-order valence-corrected chi connectivity index (χ3v) is 4.72. The predicted octanol–water partition coefficient (Wildman–Crippen LogP) is 4.84. The Morgan fingerprint density at radius 1 is 1.20 bits per heavy atom. The minimum atomic E-state index is 0.554. The third-order valence-electron chi connectivity index (χ3n) is 3.55. The van der Waals surface area contributed by atoms with Crippen molar-refractivity contribution < 1.29 is 0 Å². The van der Waals surface area contributed by atoms with E-state index in [1.807, 2.05) is 18.2 Å². The second-order valence-corrected chi connectivity index (χ2v) is 6.09. The average molecular weight is 351 g/mol. The number of anilines is 1. The van der Waals surface area contributed by atoms with E-state index in [1.54, 1.807) is 6.07 Å². The second-order valence-electron chi connectivity index (χ2n) is 4.83. The van der Waals surface area contributed by atoms with Gasteiger partial charge in [-0.1, -0.05) is 27.5 Å². The van der Waals surface area contributed by atoms with Gasteiger partial charge in [0.15, 0.2) is 0 Å². The summed E-state index contributed by atoms with van der Waals surface area (Å²) >= 11 is 9.52. The predicted molar refractivity (Wildman–Crippen MR) is 88.1 cm³/mol. The molecular weight excluding hydrogens is 338 g/mol. The number of nitrogen functional groups attached to an aromatic ring is 1. The molecule has 0 radical (unpaired) electrons. The molecule has 0 saturated heterocycles. The molecule has 0 atom stereocenters. The van der Waals surface area contributed by atoms with Crippen molar-refractivity contribution in [1.82, 2.24) is 9.97 Å². The maximum absolute atomic E-state index is 5.95. The Morgan fingerprint density at radius 3 is 2.65 bits per heavy atom. The molecule has 3 nitrogen and oxygen atoms in total. The lowest BCUT2D eigenvalue weighted by atomic mass is 10.1. The SMILES string of the molecule is Cc1c(Br)cc2[nH]c(-c3ccc(Cl)c(N)c3)nc2c1C. The first-order valence-corrected chi connectivity index (χ1v) is 7.35. The number of aryl methyl sites for hydroxylation is 1. The molecule has 3 rings (SSSR count). The van der Waals surface area contributed by atoms with Crippen LogP contribution in [0, 0.1) is 13.8 Å². The van der Waals surface area contributed by atoms with E-state index < -0.39 is 0 Å². The fraction of sp³-hybridized carbons (Fsp3) is 0.133. The van der Waals surface area contributed by atoms with Crippen molar-refractivity contribution in [2.24, 2.45) is 0 Å². The summed E-state index contributed by atoms with van der Waals surface area (Å²) in [5.74, 6) is 0.795. The van der Waals surface area contributed by atoms with Crippen molar-refractivity contribution in [2.75, 3.05) is 5.73 Å². The lowest BCUT2D eigenvalue weighted by Gasteiger charge is -2.02. The van der Waals surface area contributed by atoms with Gasteiger partial charge in [-0.05, 0) is 49.2 Å². The van der Waals surface area contributed by atoms with Gasteiger partial charge in [-0.15, -0.1) is 0 Å². The average Bonchev–Trinajstić information content (AvgIpc) is 2.83. The van der Waals surface area contributed by atoms with Gasteiger partial charge in [0.25, 0.3) is 0 Å². The zero-order chi connectivity index (χ0) is 14.4. The second kappa shape index (κ2) is 4.79. The first-order valence-electron chi connectivity index (χ1n) is 6.18. The minimum absolute atomic E-state index is 0.554. The Morgan fingerprint density at radius 2 is 1.95 bits per heavy atom. The van der Waals surface area contributed by atoms with Gasteiger partial charge >= 0.3 is 0 Å². The van der Waals surface area contributed by atoms with Crippen LogP contribution in [0.2, 0.25) is 5.02 Å². The van der Waals surface area contributed by atoms with E-state index >= 15 is 0 Å². The Bertz CT molecular complexity index is 824. The van der Waals surface area contributed by atoms with Crippen LogP contribution in [0.1, 0.15) is 11.1 Å². The number of aromatic nitrogens is 2. The van der Waals surface area contributed by atoms with E-state index in [1.165, 1.54) is 11.1 Å². The van der Waals surface area contributed by atoms with Crippen LogP contribution >= 0.6 is 27.5 Å². The summed E-state index contributed by atoms with van der Waals surface area (Å²) in [7, 11) is 0. The molecule has 1 heterocycles. The van der Waals surface area contributed by atoms with Gasteiger partial charge in [-0.25, -0.2) is 4.98 Å². The van der Waals surface area contributed by atoms with Gasteiger partial charge in [0.1, 0.15) is 5.82 Å². The summed E-state index contributed by atoms with van der Waals surface area (Å²) in [5, 5.41) is 0.555. The van der Waals surface area contributed by atoms with E-state index in [4.69, 9.17) is 17.3 Å². The molecular formula is C15H13BrClN3. The number of aromatic amines is 1. The topological polar surface area (TPSA) is 54.7 Å². The van der Waals surface area contributed by atoms with Gasteiger partial charge in [0.05, 0.1) is 21.7 Å². The smallest absolute Gasteiger partial charge is 0.138 e. The quantitative estimate of drug-likeness (QED) is 0.617. The van der Waals surface area contributed by atoms with E-state index in [9.17, 15) is 0 Å². The Balaban J connectivity index is 2.23. The van der Waals surface area contributed by atoms with Crippen molar-refractivity contribution in [3.05, 3.63) is 44.9 Å². The molecule has 0 fully saturated rings. The zero-order valence-corrected chi connectivity index (χ0v) is 13.4. The van der Waals surface area contributed by atoms with Crippen LogP contribution in [-0.4, -0.2) is 9.97 Å². The highest BCUT2D eigenvalue weighted by Gasteiger charge is 2.11. The number of imidazole rings is 1. The molecule has 0 amide bonds. The number of H-pyrrole nitrogens is 1. The summed E-state index contributed by atoms with van der Waals surface area (Å²) in [4.78, 5) is 8.01. The molecule has 5 heteroatoms. The van der Waals surface area contributed by atoms with Crippen LogP contribution < -0.4 is 5.73 Å². The Labute approximate surface area is 130 Å². The Hall–Kier alpha value is -1.52. The van der Waals surface area contributed by atoms with Crippen LogP contribution in [0.4, 0.5) is 5.69 Å². The lowest BCUT2D eigenvalue weighted by Crippen LogP contribution is -1.88. The highest BCUT2D eigenvalue weighted by atomic mass is 79.9. The zero-order valence-electron chi connectivity index (χ0n) is 11.1. The first kappa shape index (κ1) is 13.5. The molecule has 20 heavy (non-hydrogen) atoms. The first-order chi connectivity index (χ1) is 9.47. The van der Waals surface area contributed by atoms with Crippen molar-refractivity contribution in [3.8, 4) is 11.4 Å². The number of fused-ring (bicyclic) bond motifs is 1. The van der Waals surface area contributed by atoms with Crippen LogP contribution in [0.15, 0.2) is 28.7 Å². The highest BCUT2D eigenvalue weighted by Crippen LogP contribution is 2.31. The van der Waals surface area contributed by atoms with Gasteiger partial charge in [0.2, 0.25) is 0 Å². The maximum atomic E-state index is 5.95. The molecule has 3 N–H and O–H groups in total. The number of benzene rings is 2. The van der Waals surface area contributed by atoms with Crippen molar-refractivity contribution in [3.63, 3.8) is 0 Å². The van der Waals surface area contributed by atoms with Gasteiger partial charge in [0, 0.05) is 10.0 Å². The fourth-order valence-corrected chi connectivity index (χ4v) is 2.84. The molecule has 0 saturated carbocycles. The Kier molecular flexibility index (Phi) is 3.22. The van der Waals surface area contributed by atoms with E-state index in [0.29, 0.717) is 10.7 Å². The summed E-state index contributed by atoms with van der Waals surface area (Å²) in [6, 6.07) is 7.58. The monoisotopic (exact) mass is 349 g/mol. The molecule has 1 aromatic heterocycles. The molecule has 102 valence electrons. The van der Waals surface area contributed by atoms with Crippen molar-refractivity contribution in [2.45, 2.75) is 13.8 Å². The number of rotatable bonds is 1. The van der Waals surface area contributed by atoms with Crippen LogP contribution in [-0.2, 0) is 0 Å². The number of hydrogen-bond donors (Lipinski definition) is 2.